The van der Waals surface area contributed by atoms with E-state index < -0.39 is 0 Å². The van der Waals surface area contributed by atoms with Crippen molar-refractivity contribution in [3.05, 3.63) is 29.8 Å². The number of carbonyl (C=O) groups is 1. The summed E-state index contributed by atoms with van der Waals surface area (Å²) in [6, 6.07) is 8.40. The fourth-order valence-electron chi connectivity index (χ4n) is 3.12. The van der Waals surface area contributed by atoms with Crippen molar-refractivity contribution in [2.24, 2.45) is 0 Å². The molecule has 1 aliphatic rings. The van der Waals surface area contributed by atoms with Crippen molar-refractivity contribution < 1.29 is 9.53 Å². The Kier molecular flexibility index (Phi) is 7.53. The highest BCUT2D eigenvalue weighted by Crippen LogP contribution is 2.25. The van der Waals surface area contributed by atoms with Gasteiger partial charge in [0.1, 0.15) is 0 Å². The standard InChI is InChI=1S/C19H31N3O2/c1-16(19(23)20-11-14-24-3)21(2)15-17-9-5-6-10-18(17)22-12-7-4-8-13-22/h5-6,9-10,16H,4,7-8,11-15H2,1-3H3,(H,20,23)/t16-/m0/s1. The minimum absolute atomic E-state index is 0.0463. The first-order valence-corrected chi connectivity index (χ1v) is 8.93. The molecule has 0 spiro atoms. The Morgan fingerprint density at radius 2 is 2.00 bits per heavy atom. The number of nitrogens with one attached hydrogen (secondary N) is 1. The highest BCUT2D eigenvalue weighted by atomic mass is 16.5. The van der Waals surface area contributed by atoms with E-state index >= 15 is 0 Å². The molecule has 0 aliphatic carbocycles. The lowest BCUT2D eigenvalue weighted by molar-refractivity contribution is -0.125. The third kappa shape index (κ3) is 5.21. The smallest absolute Gasteiger partial charge is 0.237 e. The highest BCUT2D eigenvalue weighted by Gasteiger charge is 2.20. The number of hydrogen-bond donors (Lipinski definition) is 1. The first-order chi connectivity index (χ1) is 11.6. The van der Waals surface area contributed by atoms with Crippen LogP contribution in [0.5, 0.6) is 0 Å². The van der Waals surface area contributed by atoms with Gasteiger partial charge in [-0.25, -0.2) is 0 Å². The maximum atomic E-state index is 12.2. The SMILES string of the molecule is COCCNC(=O)[C@H](C)N(C)Cc1ccccc1N1CCCCC1. The topological polar surface area (TPSA) is 44.8 Å². The van der Waals surface area contributed by atoms with E-state index in [1.54, 1.807) is 7.11 Å². The maximum absolute atomic E-state index is 12.2. The molecule has 1 N–H and O–H groups in total. The van der Waals surface area contributed by atoms with Crippen LogP contribution < -0.4 is 10.2 Å². The minimum Gasteiger partial charge on any atom is -0.383 e. The van der Waals surface area contributed by atoms with Gasteiger partial charge in [0, 0.05) is 39.0 Å². The highest BCUT2D eigenvalue weighted by molar-refractivity contribution is 5.81. The average Bonchev–Trinajstić information content (AvgIpc) is 2.62. The molecule has 0 unspecified atom stereocenters. The third-order valence-corrected chi connectivity index (χ3v) is 4.75. The van der Waals surface area contributed by atoms with Crippen molar-refractivity contribution in [3.63, 3.8) is 0 Å². The molecule has 5 nitrogen and oxygen atoms in total. The second-order valence-corrected chi connectivity index (χ2v) is 6.55. The molecule has 0 radical (unpaired) electrons. The van der Waals surface area contributed by atoms with Gasteiger partial charge < -0.3 is 15.0 Å². The number of piperidine rings is 1. The number of amides is 1. The van der Waals surface area contributed by atoms with Crippen LogP contribution in [0.3, 0.4) is 0 Å². The Bertz CT molecular complexity index is 515. The van der Waals surface area contributed by atoms with Gasteiger partial charge in [-0.3, -0.25) is 9.69 Å². The quantitative estimate of drug-likeness (QED) is 0.741. The van der Waals surface area contributed by atoms with Gasteiger partial charge in [0.2, 0.25) is 5.91 Å². The number of para-hydroxylation sites is 1. The summed E-state index contributed by atoms with van der Waals surface area (Å²) in [6.07, 6.45) is 3.86. The number of carbonyl (C=O) groups excluding carboxylic acids is 1. The van der Waals surface area contributed by atoms with E-state index in [2.05, 4.69) is 39.4 Å². The Balaban J connectivity index is 1.98. The van der Waals surface area contributed by atoms with Gasteiger partial charge in [0.15, 0.2) is 0 Å². The number of likely N-dealkylation sites (N-methyl/N-ethyl adjacent to an activating group) is 1. The molecule has 1 fully saturated rings. The number of benzene rings is 1. The number of ether oxygens (including phenoxy) is 1. The van der Waals surface area contributed by atoms with Gasteiger partial charge in [-0.05, 0) is 44.9 Å². The van der Waals surface area contributed by atoms with Crippen molar-refractivity contribution in [2.45, 2.75) is 38.8 Å². The molecule has 1 saturated heterocycles. The molecule has 0 saturated carbocycles. The molecule has 24 heavy (non-hydrogen) atoms. The van der Waals surface area contributed by atoms with Crippen LogP contribution in [-0.4, -0.2) is 57.2 Å². The second-order valence-electron chi connectivity index (χ2n) is 6.55. The lowest BCUT2D eigenvalue weighted by atomic mass is 10.1. The summed E-state index contributed by atoms with van der Waals surface area (Å²) >= 11 is 0. The van der Waals surface area contributed by atoms with Crippen molar-refractivity contribution in [1.29, 1.82) is 0 Å². The average molecular weight is 333 g/mol. The third-order valence-electron chi connectivity index (χ3n) is 4.75. The van der Waals surface area contributed by atoms with Crippen molar-refractivity contribution in [3.8, 4) is 0 Å². The van der Waals surface area contributed by atoms with E-state index in [0.717, 1.165) is 19.6 Å². The number of rotatable bonds is 8. The Hall–Kier alpha value is -1.59. The fourth-order valence-corrected chi connectivity index (χ4v) is 3.12. The summed E-state index contributed by atoms with van der Waals surface area (Å²) in [4.78, 5) is 16.8. The molecular weight excluding hydrogens is 302 g/mol. The summed E-state index contributed by atoms with van der Waals surface area (Å²) in [5.74, 6) is 0.0463. The zero-order chi connectivity index (χ0) is 17.4. The molecule has 1 aliphatic heterocycles. The minimum atomic E-state index is -0.170. The van der Waals surface area contributed by atoms with Crippen molar-refractivity contribution in [1.82, 2.24) is 10.2 Å². The Labute approximate surface area is 146 Å². The van der Waals surface area contributed by atoms with Crippen LogP contribution in [-0.2, 0) is 16.1 Å². The summed E-state index contributed by atoms with van der Waals surface area (Å²) in [5.41, 5.74) is 2.61. The molecule has 5 heteroatoms. The summed E-state index contributed by atoms with van der Waals surface area (Å²) in [6.45, 7) is 6.08. The summed E-state index contributed by atoms with van der Waals surface area (Å²) in [5, 5.41) is 2.91. The maximum Gasteiger partial charge on any atom is 0.237 e. The van der Waals surface area contributed by atoms with E-state index in [-0.39, 0.29) is 11.9 Å². The monoisotopic (exact) mass is 333 g/mol. The first kappa shape index (κ1) is 18.7. The fraction of sp³-hybridized carbons (Fsp3) is 0.632. The number of methoxy groups -OCH3 is 1. The van der Waals surface area contributed by atoms with Gasteiger partial charge >= 0.3 is 0 Å². The normalized spacial score (nSPS) is 16.2. The molecule has 1 aromatic rings. The van der Waals surface area contributed by atoms with Crippen LogP contribution in [0.1, 0.15) is 31.7 Å². The zero-order valence-corrected chi connectivity index (χ0v) is 15.3. The molecule has 1 atom stereocenters. The van der Waals surface area contributed by atoms with Gasteiger partial charge in [0.25, 0.3) is 0 Å². The molecular formula is C19H31N3O2. The first-order valence-electron chi connectivity index (χ1n) is 8.93. The predicted molar refractivity (Wildman–Crippen MR) is 98.3 cm³/mol. The summed E-state index contributed by atoms with van der Waals surface area (Å²) < 4.78 is 4.98. The molecule has 134 valence electrons. The molecule has 1 aromatic carbocycles. The Morgan fingerprint density at radius 1 is 1.29 bits per heavy atom. The van der Waals surface area contributed by atoms with Crippen LogP contribution in [0.4, 0.5) is 5.69 Å². The molecule has 2 rings (SSSR count). The largest absolute Gasteiger partial charge is 0.383 e. The van der Waals surface area contributed by atoms with Crippen molar-refractivity contribution in [2.75, 3.05) is 45.3 Å². The number of anilines is 1. The molecule has 0 bridgehead atoms. The zero-order valence-electron chi connectivity index (χ0n) is 15.3. The van der Waals surface area contributed by atoms with Crippen LogP contribution in [0.2, 0.25) is 0 Å². The lowest BCUT2D eigenvalue weighted by Crippen LogP contribution is -2.44. The molecule has 1 heterocycles. The van der Waals surface area contributed by atoms with E-state index in [9.17, 15) is 4.79 Å². The lowest BCUT2D eigenvalue weighted by Gasteiger charge is -2.32. The number of nitrogens with zero attached hydrogens (tertiary/aromatic N) is 2. The van der Waals surface area contributed by atoms with Gasteiger partial charge in [-0.2, -0.15) is 0 Å². The van der Waals surface area contributed by atoms with Crippen LogP contribution in [0.15, 0.2) is 24.3 Å². The summed E-state index contributed by atoms with van der Waals surface area (Å²) in [7, 11) is 3.65. The van der Waals surface area contributed by atoms with Gasteiger partial charge in [-0.1, -0.05) is 18.2 Å². The Morgan fingerprint density at radius 3 is 2.71 bits per heavy atom. The van der Waals surface area contributed by atoms with Gasteiger partial charge in [0.05, 0.1) is 12.6 Å². The van der Waals surface area contributed by atoms with Crippen LogP contribution in [0.25, 0.3) is 0 Å². The van der Waals surface area contributed by atoms with E-state index in [1.165, 1.54) is 30.5 Å². The van der Waals surface area contributed by atoms with Crippen LogP contribution in [0, 0.1) is 0 Å². The van der Waals surface area contributed by atoms with Crippen molar-refractivity contribution >= 4 is 11.6 Å². The predicted octanol–water partition coefficient (Wildman–Crippen LogP) is 2.26. The van der Waals surface area contributed by atoms with Crippen LogP contribution >= 0.6 is 0 Å². The van der Waals surface area contributed by atoms with E-state index in [1.807, 2.05) is 14.0 Å². The van der Waals surface area contributed by atoms with Gasteiger partial charge in [-0.15, -0.1) is 0 Å². The molecule has 0 aromatic heterocycles. The molecule has 1 amide bonds. The number of hydrogen-bond acceptors (Lipinski definition) is 4. The van der Waals surface area contributed by atoms with E-state index in [4.69, 9.17) is 4.74 Å². The second kappa shape index (κ2) is 9.64. The van der Waals surface area contributed by atoms with E-state index in [0.29, 0.717) is 13.2 Å².